The molecule has 0 aliphatic heterocycles. The van der Waals surface area contributed by atoms with Gasteiger partial charge in [-0.25, -0.2) is 9.37 Å². The van der Waals surface area contributed by atoms with Crippen molar-refractivity contribution in [2.24, 2.45) is 0 Å². The molecule has 0 N–H and O–H groups in total. The Bertz CT molecular complexity index is 471. The van der Waals surface area contributed by atoms with Crippen molar-refractivity contribution in [3.63, 3.8) is 0 Å². The summed E-state index contributed by atoms with van der Waals surface area (Å²) in [7, 11) is 0. The largest absolute Gasteiger partial charge is 0.244 e. The highest BCUT2D eigenvalue weighted by Gasteiger charge is 2.01. The molecule has 2 aromatic rings. The first-order valence-electron chi connectivity index (χ1n) is 5.05. The Hall–Kier alpha value is -1.35. The molecule has 1 aromatic carbocycles. The van der Waals surface area contributed by atoms with E-state index in [-0.39, 0.29) is 5.82 Å². The number of rotatable bonds is 3. The minimum atomic E-state index is -0.246. The summed E-state index contributed by atoms with van der Waals surface area (Å²) >= 11 is 1.62. The Morgan fingerprint density at radius 2 is 1.88 bits per heavy atom. The summed E-state index contributed by atoms with van der Waals surface area (Å²) in [5, 5.41) is 0.864. The highest BCUT2D eigenvalue weighted by molar-refractivity contribution is 7.98. The lowest BCUT2D eigenvalue weighted by Gasteiger charge is -2.02. The molecular formula is C13H12FNS. The van der Waals surface area contributed by atoms with Gasteiger partial charge in [-0.05, 0) is 24.6 Å². The summed E-state index contributed by atoms with van der Waals surface area (Å²) in [4.78, 5) is 4.18. The van der Waals surface area contributed by atoms with Crippen LogP contribution in [0.15, 0.2) is 47.5 Å². The number of pyridine rings is 1. The van der Waals surface area contributed by atoms with E-state index in [0.29, 0.717) is 5.69 Å². The van der Waals surface area contributed by atoms with Crippen molar-refractivity contribution in [3.8, 4) is 0 Å². The molecule has 1 aromatic heterocycles. The molecule has 1 heterocycles. The van der Waals surface area contributed by atoms with Crippen molar-refractivity contribution in [2.45, 2.75) is 17.7 Å². The van der Waals surface area contributed by atoms with Crippen LogP contribution in [0.5, 0.6) is 0 Å². The number of benzene rings is 1. The molecule has 82 valence electrons. The van der Waals surface area contributed by atoms with E-state index in [1.807, 2.05) is 18.2 Å². The molecule has 0 atom stereocenters. The third-order valence-electron chi connectivity index (χ3n) is 2.23. The molecule has 0 aliphatic carbocycles. The highest BCUT2D eigenvalue weighted by Crippen LogP contribution is 2.21. The van der Waals surface area contributed by atoms with Crippen LogP contribution in [0.2, 0.25) is 0 Å². The fourth-order valence-corrected chi connectivity index (χ4v) is 2.21. The van der Waals surface area contributed by atoms with Gasteiger partial charge in [0.1, 0.15) is 5.82 Å². The van der Waals surface area contributed by atoms with Gasteiger partial charge in [-0.1, -0.05) is 30.3 Å². The molecular weight excluding hydrogens is 221 g/mol. The summed E-state index contributed by atoms with van der Waals surface area (Å²) in [5.41, 5.74) is 1.70. The zero-order chi connectivity index (χ0) is 11.4. The maximum atomic E-state index is 13.0. The second kappa shape index (κ2) is 5.12. The molecule has 0 fully saturated rings. The van der Waals surface area contributed by atoms with Crippen molar-refractivity contribution < 1.29 is 4.39 Å². The molecule has 2 rings (SSSR count). The molecule has 0 saturated carbocycles. The first-order valence-corrected chi connectivity index (χ1v) is 6.04. The van der Waals surface area contributed by atoms with Crippen LogP contribution in [0, 0.1) is 12.7 Å². The average Bonchev–Trinajstić information content (AvgIpc) is 2.32. The lowest BCUT2D eigenvalue weighted by molar-refractivity contribution is 0.605. The van der Waals surface area contributed by atoms with Crippen LogP contribution in [0.1, 0.15) is 11.3 Å². The Kier molecular flexibility index (Phi) is 3.57. The quantitative estimate of drug-likeness (QED) is 0.747. The fourth-order valence-electron chi connectivity index (χ4n) is 1.33. The third kappa shape index (κ3) is 2.83. The summed E-state index contributed by atoms with van der Waals surface area (Å²) in [6, 6.07) is 13.4. The molecule has 0 bridgehead atoms. The standard InChI is InChI=1S/C13H12FNS/c1-10-12(14)7-8-13(15-10)16-9-11-5-3-2-4-6-11/h2-8H,9H2,1H3. The minimum absolute atomic E-state index is 0.246. The van der Waals surface area contributed by atoms with E-state index in [2.05, 4.69) is 17.1 Å². The van der Waals surface area contributed by atoms with Gasteiger partial charge < -0.3 is 0 Å². The molecule has 1 nitrogen and oxygen atoms in total. The predicted molar refractivity (Wildman–Crippen MR) is 64.9 cm³/mol. The molecule has 3 heteroatoms. The average molecular weight is 233 g/mol. The van der Waals surface area contributed by atoms with E-state index in [9.17, 15) is 4.39 Å². The third-order valence-corrected chi connectivity index (χ3v) is 3.23. The smallest absolute Gasteiger partial charge is 0.144 e. The summed E-state index contributed by atoms with van der Waals surface area (Å²) in [6.45, 7) is 1.68. The van der Waals surface area contributed by atoms with Gasteiger partial charge in [0.05, 0.1) is 10.7 Å². The van der Waals surface area contributed by atoms with Crippen LogP contribution >= 0.6 is 11.8 Å². The van der Waals surface area contributed by atoms with Gasteiger partial charge >= 0.3 is 0 Å². The number of thioether (sulfide) groups is 1. The van der Waals surface area contributed by atoms with Crippen molar-refractivity contribution >= 4 is 11.8 Å². The lowest BCUT2D eigenvalue weighted by Crippen LogP contribution is -1.89. The summed E-state index contributed by atoms with van der Waals surface area (Å²) < 4.78 is 13.0. The fraction of sp³-hybridized carbons (Fsp3) is 0.154. The van der Waals surface area contributed by atoms with Crippen molar-refractivity contribution in [1.29, 1.82) is 0 Å². The predicted octanol–water partition coefficient (Wildman–Crippen LogP) is 3.82. The topological polar surface area (TPSA) is 12.9 Å². The minimum Gasteiger partial charge on any atom is -0.244 e. The zero-order valence-electron chi connectivity index (χ0n) is 8.98. The van der Waals surface area contributed by atoms with E-state index in [0.717, 1.165) is 10.8 Å². The van der Waals surface area contributed by atoms with Gasteiger partial charge in [0.15, 0.2) is 0 Å². The number of halogens is 1. The van der Waals surface area contributed by atoms with Gasteiger partial charge in [0.2, 0.25) is 0 Å². The van der Waals surface area contributed by atoms with Crippen LogP contribution in [0.4, 0.5) is 4.39 Å². The SMILES string of the molecule is Cc1nc(SCc2ccccc2)ccc1F. The molecule has 0 spiro atoms. The van der Waals surface area contributed by atoms with E-state index in [4.69, 9.17) is 0 Å². The number of nitrogens with zero attached hydrogens (tertiary/aromatic N) is 1. The molecule has 16 heavy (non-hydrogen) atoms. The van der Waals surface area contributed by atoms with E-state index in [1.54, 1.807) is 24.8 Å². The molecule has 0 unspecified atom stereocenters. The number of hydrogen-bond acceptors (Lipinski definition) is 2. The summed E-state index contributed by atoms with van der Waals surface area (Å²) in [6.07, 6.45) is 0. The Morgan fingerprint density at radius 3 is 2.56 bits per heavy atom. The molecule has 0 aliphatic rings. The van der Waals surface area contributed by atoms with Gasteiger partial charge in [-0.15, -0.1) is 11.8 Å². The Balaban J connectivity index is 2.03. The molecule has 0 saturated heterocycles. The maximum Gasteiger partial charge on any atom is 0.144 e. The number of aryl methyl sites for hydroxylation is 1. The molecule has 0 radical (unpaired) electrons. The number of hydrogen-bond donors (Lipinski definition) is 0. The number of aromatic nitrogens is 1. The van der Waals surface area contributed by atoms with Crippen LogP contribution in [0.3, 0.4) is 0 Å². The lowest BCUT2D eigenvalue weighted by atomic mass is 10.2. The second-order valence-corrected chi connectivity index (χ2v) is 4.49. The van der Waals surface area contributed by atoms with Crippen LogP contribution in [-0.2, 0) is 5.75 Å². The van der Waals surface area contributed by atoms with E-state index >= 15 is 0 Å². The van der Waals surface area contributed by atoms with E-state index in [1.165, 1.54) is 11.6 Å². The first-order chi connectivity index (χ1) is 7.75. The van der Waals surface area contributed by atoms with Crippen LogP contribution < -0.4 is 0 Å². The Labute approximate surface area is 98.7 Å². The first kappa shape index (κ1) is 11.1. The van der Waals surface area contributed by atoms with E-state index < -0.39 is 0 Å². The van der Waals surface area contributed by atoms with Crippen LogP contribution in [-0.4, -0.2) is 4.98 Å². The van der Waals surface area contributed by atoms with Gasteiger partial charge in [-0.2, -0.15) is 0 Å². The van der Waals surface area contributed by atoms with Gasteiger partial charge in [0.25, 0.3) is 0 Å². The highest BCUT2D eigenvalue weighted by atomic mass is 32.2. The van der Waals surface area contributed by atoms with Crippen LogP contribution in [0.25, 0.3) is 0 Å². The monoisotopic (exact) mass is 233 g/mol. The normalized spacial score (nSPS) is 10.4. The van der Waals surface area contributed by atoms with Crippen molar-refractivity contribution in [2.75, 3.05) is 0 Å². The van der Waals surface area contributed by atoms with Gasteiger partial charge in [0, 0.05) is 5.75 Å². The summed E-state index contributed by atoms with van der Waals surface area (Å²) in [5.74, 6) is 0.614. The maximum absolute atomic E-state index is 13.0. The van der Waals surface area contributed by atoms with Gasteiger partial charge in [-0.3, -0.25) is 0 Å². The molecule has 0 amide bonds. The van der Waals surface area contributed by atoms with Crippen molar-refractivity contribution in [1.82, 2.24) is 4.98 Å². The Morgan fingerprint density at radius 1 is 1.12 bits per heavy atom. The van der Waals surface area contributed by atoms with Crippen molar-refractivity contribution in [3.05, 3.63) is 59.5 Å². The second-order valence-electron chi connectivity index (χ2n) is 3.49. The zero-order valence-corrected chi connectivity index (χ0v) is 9.80.